The van der Waals surface area contributed by atoms with E-state index in [1.807, 2.05) is 18.2 Å². The number of carbonyl (C=O) groups is 1. The average Bonchev–Trinajstić information content (AvgIpc) is 3.71. The molecule has 1 aromatic heterocycles. The average molecular weight is 444 g/mol. The number of aromatic nitrogens is 1. The fraction of sp³-hybridized carbons (Fsp3) is 0.517. The van der Waals surface area contributed by atoms with Crippen molar-refractivity contribution in [1.82, 2.24) is 14.8 Å². The summed E-state index contributed by atoms with van der Waals surface area (Å²) < 4.78 is 0. The van der Waals surface area contributed by atoms with Crippen LogP contribution in [-0.2, 0) is 6.42 Å². The first kappa shape index (κ1) is 22.3. The predicted molar refractivity (Wildman–Crippen MR) is 133 cm³/mol. The Bertz CT molecular complexity index is 916. The van der Waals surface area contributed by atoms with Gasteiger partial charge in [-0.25, -0.2) is 0 Å². The highest BCUT2D eigenvalue weighted by Crippen LogP contribution is 2.36. The van der Waals surface area contributed by atoms with Crippen molar-refractivity contribution in [3.05, 3.63) is 78.1 Å². The summed E-state index contributed by atoms with van der Waals surface area (Å²) in [5.41, 5.74) is 1.92. The molecule has 4 heteroatoms. The number of piperidine rings is 1. The van der Waals surface area contributed by atoms with Gasteiger partial charge in [-0.3, -0.25) is 9.78 Å². The minimum absolute atomic E-state index is 0.121. The van der Waals surface area contributed by atoms with Gasteiger partial charge in [0.25, 0.3) is 5.91 Å². The minimum Gasteiger partial charge on any atom is -0.331 e. The van der Waals surface area contributed by atoms with E-state index in [-0.39, 0.29) is 11.9 Å². The molecule has 1 saturated heterocycles. The van der Waals surface area contributed by atoms with Gasteiger partial charge in [0.15, 0.2) is 0 Å². The summed E-state index contributed by atoms with van der Waals surface area (Å²) in [5.74, 6) is 1.48. The molecule has 4 nitrogen and oxygen atoms in total. The number of allylic oxidation sites excluding steroid dienone is 2. The lowest BCUT2D eigenvalue weighted by Crippen LogP contribution is -2.50. The van der Waals surface area contributed by atoms with Crippen molar-refractivity contribution < 1.29 is 4.79 Å². The molecule has 2 heterocycles. The zero-order chi connectivity index (χ0) is 22.5. The molecule has 2 atom stereocenters. The van der Waals surface area contributed by atoms with Crippen LogP contribution in [0.4, 0.5) is 0 Å². The Morgan fingerprint density at radius 3 is 2.42 bits per heavy atom. The molecule has 1 saturated carbocycles. The number of likely N-dealkylation sites (tertiary alicyclic amines) is 1. The number of nitrogens with zero attached hydrogens (tertiary/aromatic N) is 3. The minimum atomic E-state index is 0.121. The van der Waals surface area contributed by atoms with E-state index < -0.39 is 0 Å². The molecule has 1 aromatic carbocycles. The van der Waals surface area contributed by atoms with E-state index in [2.05, 4.69) is 57.3 Å². The Labute approximate surface area is 198 Å². The first-order valence-corrected chi connectivity index (χ1v) is 12.9. The van der Waals surface area contributed by atoms with E-state index in [0.717, 1.165) is 38.3 Å². The van der Waals surface area contributed by atoms with E-state index in [4.69, 9.17) is 0 Å². The Morgan fingerprint density at radius 2 is 1.76 bits per heavy atom. The molecule has 0 unspecified atom stereocenters. The van der Waals surface area contributed by atoms with E-state index in [1.54, 1.807) is 6.20 Å². The summed E-state index contributed by atoms with van der Waals surface area (Å²) >= 11 is 0. The number of benzene rings is 1. The van der Waals surface area contributed by atoms with Gasteiger partial charge < -0.3 is 9.80 Å². The lowest BCUT2D eigenvalue weighted by molar-refractivity contribution is 0.0468. The lowest BCUT2D eigenvalue weighted by atomic mass is 9.83. The Balaban J connectivity index is 1.32. The van der Waals surface area contributed by atoms with Gasteiger partial charge in [-0.15, -0.1) is 0 Å². The van der Waals surface area contributed by atoms with Crippen LogP contribution in [0.3, 0.4) is 0 Å². The van der Waals surface area contributed by atoms with Crippen LogP contribution >= 0.6 is 0 Å². The highest BCUT2D eigenvalue weighted by atomic mass is 16.2. The molecule has 2 aliphatic carbocycles. The molecule has 33 heavy (non-hydrogen) atoms. The van der Waals surface area contributed by atoms with Gasteiger partial charge in [0.1, 0.15) is 5.69 Å². The Hall–Kier alpha value is -2.46. The van der Waals surface area contributed by atoms with Crippen LogP contribution in [0.1, 0.15) is 61.0 Å². The number of hydrogen-bond donors (Lipinski definition) is 0. The molecule has 1 amide bonds. The molecule has 0 radical (unpaired) electrons. The zero-order valence-electron chi connectivity index (χ0n) is 19.7. The SMILES string of the molecule is O=C(c1ccccn1)N(C1CC1)[C@@H](Cc1ccccc1)C1CCN(C[C@H]2CC=CCC2)CC1. The Morgan fingerprint density at radius 1 is 0.970 bits per heavy atom. The van der Waals surface area contributed by atoms with Crippen LogP contribution < -0.4 is 0 Å². The second-order valence-electron chi connectivity index (χ2n) is 10.2. The smallest absolute Gasteiger partial charge is 0.272 e. The maximum absolute atomic E-state index is 13.7. The monoisotopic (exact) mass is 443 g/mol. The van der Waals surface area contributed by atoms with Crippen molar-refractivity contribution in [3.8, 4) is 0 Å². The van der Waals surface area contributed by atoms with E-state index in [9.17, 15) is 4.79 Å². The first-order valence-electron chi connectivity index (χ1n) is 12.9. The molecule has 174 valence electrons. The fourth-order valence-corrected chi connectivity index (χ4v) is 5.82. The van der Waals surface area contributed by atoms with E-state index in [1.165, 1.54) is 44.2 Å². The van der Waals surface area contributed by atoms with Gasteiger partial charge in [0.05, 0.1) is 0 Å². The number of pyridine rings is 1. The number of rotatable bonds is 8. The van der Waals surface area contributed by atoms with Crippen molar-refractivity contribution in [2.24, 2.45) is 11.8 Å². The van der Waals surface area contributed by atoms with Gasteiger partial charge in [-0.1, -0.05) is 48.6 Å². The Kier molecular flexibility index (Phi) is 7.21. The molecule has 0 spiro atoms. The maximum Gasteiger partial charge on any atom is 0.272 e. The van der Waals surface area contributed by atoms with Crippen molar-refractivity contribution >= 4 is 5.91 Å². The number of amides is 1. The largest absolute Gasteiger partial charge is 0.331 e. The van der Waals surface area contributed by atoms with Gasteiger partial charge in [-0.2, -0.15) is 0 Å². The molecule has 0 bridgehead atoms. The van der Waals surface area contributed by atoms with Crippen LogP contribution in [0, 0.1) is 11.8 Å². The zero-order valence-corrected chi connectivity index (χ0v) is 19.7. The maximum atomic E-state index is 13.7. The molecule has 1 aliphatic heterocycles. The highest BCUT2D eigenvalue weighted by Gasteiger charge is 2.42. The molecule has 2 aromatic rings. The third kappa shape index (κ3) is 5.73. The summed E-state index contributed by atoms with van der Waals surface area (Å²) in [6.45, 7) is 3.55. The standard InChI is InChI=1S/C29H37N3O/c33-29(27-13-7-8-18-30-27)32(26-14-15-26)28(21-23-9-3-1-4-10-23)25-16-19-31(20-17-25)22-24-11-5-2-6-12-24/h1-5,7-10,13,18,24-26,28H,6,11-12,14-17,19-22H2/t24-,28-/m0/s1. The summed E-state index contributed by atoms with van der Waals surface area (Å²) in [6, 6.07) is 17.1. The number of hydrogen-bond acceptors (Lipinski definition) is 3. The van der Waals surface area contributed by atoms with Gasteiger partial charge in [0, 0.05) is 24.8 Å². The van der Waals surface area contributed by atoms with Crippen LogP contribution in [0.25, 0.3) is 0 Å². The third-order valence-electron chi connectivity index (χ3n) is 7.77. The van der Waals surface area contributed by atoms with Crippen molar-refractivity contribution in [2.45, 2.75) is 63.5 Å². The lowest BCUT2D eigenvalue weighted by Gasteiger charge is -2.42. The molecular formula is C29H37N3O. The number of carbonyl (C=O) groups excluding carboxylic acids is 1. The summed E-state index contributed by atoms with van der Waals surface area (Å²) in [5, 5.41) is 0. The predicted octanol–water partition coefficient (Wildman–Crippen LogP) is 5.37. The van der Waals surface area contributed by atoms with Gasteiger partial charge in [0.2, 0.25) is 0 Å². The second-order valence-corrected chi connectivity index (χ2v) is 10.2. The molecule has 3 aliphatic rings. The topological polar surface area (TPSA) is 36.4 Å². The first-order chi connectivity index (χ1) is 16.3. The normalized spacial score (nSPS) is 22.7. The summed E-state index contributed by atoms with van der Waals surface area (Å²) in [6.07, 6.45) is 15.8. The van der Waals surface area contributed by atoms with Crippen LogP contribution in [0.2, 0.25) is 0 Å². The van der Waals surface area contributed by atoms with Crippen LogP contribution in [0.15, 0.2) is 66.9 Å². The van der Waals surface area contributed by atoms with Crippen molar-refractivity contribution in [1.29, 1.82) is 0 Å². The quantitative estimate of drug-likeness (QED) is 0.515. The molecule has 2 fully saturated rings. The van der Waals surface area contributed by atoms with Crippen LogP contribution in [-0.4, -0.2) is 52.4 Å². The molecule has 0 N–H and O–H groups in total. The fourth-order valence-electron chi connectivity index (χ4n) is 5.82. The van der Waals surface area contributed by atoms with E-state index in [0.29, 0.717) is 17.7 Å². The summed E-state index contributed by atoms with van der Waals surface area (Å²) in [4.78, 5) is 23.0. The van der Waals surface area contributed by atoms with Gasteiger partial charge >= 0.3 is 0 Å². The molecular weight excluding hydrogens is 406 g/mol. The van der Waals surface area contributed by atoms with Crippen molar-refractivity contribution in [3.63, 3.8) is 0 Å². The second kappa shape index (κ2) is 10.6. The van der Waals surface area contributed by atoms with Crippen LogP contribution in [0.5, 0.6) is 0 Å². The third-order valence-corrected chi connectivity index (χ3v) is 7.77. The van der Waals surface area contributed by atoms with Crippen molar-refractivity contribution in [2.75, 3.05) is 19.6 Å². The highest BCUT2D eigenvalue weighted by molar-refractivity contribution is 5.93. The molecule has 5 rings (SSSR count). The van der Waals surface area contributed by atoms with Gasteiger partial charge in [-0.05, 0) is 94.0 Å². The summed E-state index contributed by atoms with van der Waals surface area (Å²) in [7, 11) is 0. The van der Waals surface area contributed by atoms with E-state index >= 15 is 0 Å².